The second-order valence-electron chi connectivity index (χ2n) is 8.06. The Morgan fingerprint density at radius 3 is 2.74 bits per heavy atom. The van der Waals surface area contributed by atoms with Crippen LogP contribution in [0, 0.1) is 5.92 Å². The summed E-state index contributed by atoms with van der Waals surface area (Å²) in [5.41, 5.74) is 2.12. The van der Waals surface area contributed by atoms with Crippen molar-refractivity contribution in [2.45, 2.75) is 39.2 Å². The predicted octanol–water partition coefficient (Wildman–Crippen LogP) is 2.63. The van der Waals surface area contributed by atoms with E-state index < -0.39 is 0 Å². The van der Waals surface area contributed by atoms with E-state index in [0.717, 1.165) is 67.6 Å². The summed E-state index contributed by atoms with van der Waals surface area (Å²) in [6.45, 7) is 5.53. The van der Waals surface area contributed by atoms with Crippen LogP contribution >= 0.6 is 11.3 Å². The van der Waals surface area contributed by atoms with Gasteiger partial charge in [0.05, 0.1) is 12.8 Å². The van der Waals surface area contributed by atoms with E-state index in [-0.39, 0.29) is 17.7 Å². The Kier molecular flexibility index (Phi) is 6.75. The van der Waals surface area contributed by atoms with E-state index in [1.165, 1.54) is 4.88 Å². The number of carbonyl (C=O) groups excluding carboxylic acids is 2. The van der Waals surface area contributed by atoms with Gasteiger partial charge in [0.1, 0.15) is 5.75 Å². The highest BCUT2D eigenvalue weighted by Crippen LogP contribution is 2.34. The predicted molar refractivity (Wildman–Crippen MR) is 122 cm³/mol. The Morgan fingerprint density at radius 1 is 1.23 bits per heavy atom. The third-order valence-corrected chi connectivity index (χ3v) is 7.33. The number of para-hydroxylation sites is 1. The van der Waals surface area contributed by atoms with Crippen molar-refractivity contribution in [3.05, 3.63) is 40.4 Å². The van der Waals surface area contributed by atoms with Crippen LogP contribution in [0.4, 0.5) is 5.13 Å². The van der Waals surface area contributed by atoms with Gasteiger partial charge in [0.15, 0.2) is 5.13 Å². The molecule has 0 saturated carbocycles. The minimum Gasteiger partial charge on any atom is -0.496 e. The van der Waals surface area contributed by atoms with Gasteiger partial charge in [-0.15, -0.1) is 11.3 Å². The quantitative estimate of drug-likeness (QED) is 0.744. The summed E-state index contributed by atoms with van der Waals surface area (Å²) in [4.78, 5) is 35.0. The number of nitrogens with one attached hydrogen (secondary N) is 1. The maximum atomic E-state index is 12.8. The number of fused-ring (bicyclic) bond motifs is 1. The number of nitrogens with zero attached hydrogens (tertiary/aromatic N) is 3. The molecule has 1 fully saturated rings. The molecule has 2 aliphatic rings. The van der Waals surface area contributed by atoms with Crippen LogP contribution in [0.3, 0.4) is 0 Å². The Morgan fingerprint density at radius 2 is 2.00 bits per heavy atom. The van der Waals surface area contributed by atoms with Crippen LogP contribution in [-0.4, -0.2) is 55.0 Å². The number of benzene rings is 1. The number of aromatic nitrogens is 1. The standard InChI is InChI=1S/C23H30N4O3S/c1-3-21(28)26-10-12-27(13-11-26)23-25-18-9-8-16(14-20(18)31-23)22(29)24-15-17-6-4-5-7-19(17)30-2/h4-7,16H,3,8-15H2,1-2H3,(H,24,29)/t16-/m1/s1. The second kappa shape index (κ2) is 9.68. The van der Waals surface area contributed by atoms with Gasteiger partial charge in [0.25, 0.3) is 0 Å². The van der Waals surface area contributed by atoms with Crippen LogP contribution in [-0.2, 0) is 29.0 Å². The Bertz CT molecular complexity index is 937. The molecule has 2 aromatic rings. The fourth-order valence-electron chi connectivity index (χ4n) is 4.27. The molecule has 166 valence electrons. The molecular weight excluding hydrogens is 412 g/mol. The van der Waals surface area contributed by atoms with E-state index >= 15 is 0 Å². The van der Waals surface area contributed by atoms with Gasteiger partial charge >= 0.3 is 0 Å². The minimum absolute atomic E-state index is 0.0190. The highest BCUT2D eigenvalue weighted by atomic mass is 32.1. The summed E-state index contributed by atoms with van der Waals surface area (Å²) >= 11 is 1.71. The number of aryl methyl sites for hydroxylation is 1. The lowest BCUT2D eigenvalue weighted by Crippen LogP contribution is -2.48. The molecule has 0 spiro atoms. The highest BCUT2D eigenvalue weighted by molar-refractivity contribution is 7.15. The molecule has 0 bridgehead atoms. The number of ether oxygens (including phenoxy) is 1. The molecule has 4 rings (SSSR count). The molecule has 7 nitrogen and oxygen atoms in total. The number of methoxy groups -OCH3 is 1. The van der Waals surface area contributed by atoms with Crippen LogP contribution in [0.15, 0.2) is 24.3 Å². The zero-order chi connectivity index (χ0) is 21.8. The van der Waals surface area contributed by atoms with E-state index in [2.05, 4.69) is 10.2 Å². The van der Waals surface area contributed by atoms with Crippen LogP contribution in [0.2, 0.25) is 0 Å². The average molecular weight is 443 g/mol. The van der Waals surface area contributed by atoms with Gasteiger partial charge in [-0.2, -0.15) is 0 Å². The summed E-state index contributed by atoms with van der Waals surface area (Å²) in [5.74, 6) is 1.09. The van der Waals surface area contributed by atoms with Crippen molar-refractivity contribution in [1.29, 1.82) is 0 Å². The minimum atomic E-state index is -0.0190. The lowest BCUT2D eigenvalue weighted by Gasteiger charge is -2.34. The zero-order valence-corrected chi connectivity index (χ0v) is 19.0. The topological polar surface area (TPSA) is 74.8 Å². The van der Waals surface area contributed by atoms with E-state index in [9.17, 15) is 9.59 Å². The van der Waals surface area contributed by atoms with Crippen molar-refractivity contribution >= 4 is 28.3 Å². The average Bonchev–Trinajstić information content (AvgIpc) is 3.25. The van der Waals surface area contributed by atoms with E-state index in [0.29, 0.717) is 13.0 Å². The third kappa shape index (κ3) is 4.84. The molecule has 1 aliphatic carbocycles. The lowest BCUT2D eigenvalue weighted by atomic mass is 9.90. The molecule has 2 amide bonds. The number of hydrogen-bond acceptors (Lipinski definition) is 6. The highest BCUT2D eigenvalue weighted by Gasteiger charge is 2.29. The van der Waals surface area contributed by atoms with Gasteiger partial charge in [-0.3, -0.25) is 9.59 Å². The number of piperazine rings is 1. The molecule has 1 N–H and O–H groups in total. The summed E-state index contributed by atoms with van der Waals surface area (Å²) in [5, 5.41) is 4.11. The van der Waals surface area contributed by atoms with Crippen LogP contribution < -0.4 is 15.0 Å². The van der Waals surface area contributed by atoms with Crippen molar-refractivity contribution in [2.75, 3.05) is 38.2 Å². The van der Waals surface area contributed by atoms with Crippen molar-refractivity contribution in [3.8, 4) is 5.75 Å². The molecule has 0 radical (unpaired) electrons. The van der Waals surface area contributed by atoms with Crippen LogP contribution in [0.25, 0.3) is 0 Å². The first-order chi connectivity index (χ1) is 15.1. The number of carbonyl (C=O) groups is 2. The van der Waals surface area contributed by atoms with Crippen molar-refractivity contribution < 1.29 is 14.3 Å². The molecule has 1 saturated heterocycles. The zero-order valence-electron chi connectivity index (χ0n) is 18.2. The third-order valence-electron chi connectivity index (χ3n) is 6.15. The van der Waals surface area contributed by atoms with Gasteiger partial charge in [0.2, 0.25) is 11.8 Å². The summed E-state index contributed by atoms with van der Waals surface area (Å²) in [6.07, 6.45) is 2.98. The number of anilines is 1. The van der Waals surface area contributed by atoms with E-state index in [1.807, 2.05) is 36.1 Å². The smallest absolute Gasteiger partial charge is 0.223 e. The number of hydrogen-bond donors (Lipinski definition) is 1. The van der Waals surface area contributed by atoms with Gasteiger partial charge < -0.3 is 19.9 Å². The molecule has 2 heterocycles. The van der Waals surface area contributed by atoms with Gasteiger partial charge in [0, 0.05) is 55.5 Å². The normalized spacial score (nSPS) is 18.5. The summed E-state index contributed by atoms with van der Waals surface area (Å²) in [6, 6.07) is 7.76. The number of rotatable bonds is 6. The molecule has 1 atom stereocenters. The van der Waals surface area contributed by atoms with Crippen molar-refractivity contribution in [3.63, 3.8) is 0 Å². The summed E-state index contributed by atoms with van der Waals surface area (Å²) < 4.78 is 5.37. The molecule has 1 aromatic carbocycles. The Balaban J connectivity index is 1.33. The fourth-order valence-corrected chi connectivity index (χ4v) is 5.50. The Hall–Kier alpha value is -2.61. The first-order valence-electron chi connectivity index (χ1n) is 11.0. The number of thiazole rings is 1. The molecular formula is C23H30N4O3S. The Labute approximate surface area is 187 Å². The SMILES string of the molecule is CCC(=O)N1CCN(c2nc3c(s2)C[C@H](C(=O)NCc2ccccc2OC)CC3)CC1. The van der Waals surface area contributed by atoms with Crippen molar-refractivity contribution in [1.82, 2.24) is 15.2 Å². The largest absolute Gasteiger partial charge is 0.496 e. The second-order valence-corrected chi connectivity index (χ2v) is 9.12. The number of amides is 2. The molecule has 0 unspecified atom stereocenters. The van der Waals surface area contributed by atoms with E-state index in [4.69, 9.17) is 9.72 Å². The van der Waals surface area contributed by atoms with Crippen molar-refractivity contribution in [2.24, 2.45) is 5.92 Å². The first-order valence-corrected chi connectivity index (χ1v) is 11.8. The van der Waals surface area contributed by atoms with E-state index in [1.54, 1.807) is 18.4 Å². The first kappa shape index (κ1) is 21.6. The summed E-state index contributed by atoms with van der Waals surface area (Å²) in [7, 11) is 1.65. The molecule has 1 aliphatic heterocycles. The maximum absolute atomic E-state index is 12.8. The molecule has 31 heavy (non-hydrogen) atoms. The van der Waals surface area contributed by atoms with Gasteiger partial charge in [-0.05, 0) is 25.3 Å². The maximum Gasteiger partial charge on any atom is 0.223 e. The monoisotopic (exact) mass is 442 g/mol. The van der Waals surface area contributed by atoms with Gasteiger partial charge in [-0.1, -0.05) is 25.1 Å². The molecule has 8 heteroatoms. The fraction of sp³-hybridized carbons (Fsp3) is 0.522. The van der Waals surface area contributed by atoms with Gasteiger partial charge in [-0.25, -0.2) is 4.98 Å². The lowest BCUT2D eigenvalue weighted by molar-refractivity contribution is -0.131. The van der Waals surface area contributed by atoms with Crippen LogP contribution in [0.5, 0.6) is 5.75 Å². The van der Waals surface area contributed by atoms with Crippen LogP contribution in [0.1, 0.15) is 35.9 Å². The molecule has 1 aromatic heterocycles.